The molecule has 0 spiro atoms. The average Bonchev–Trinajstić information content (AvgIpc) is 2.58. The number of anilines is 1. The van der Waals surface area contributed by atoms with Gasteiger partial charge in [0, 0.05) is 5.54 Å². The van der Waals surface area contributed by atoms with Gasteiger partial charge in [-0.2, -0.15) is 0 Å². The lowest BCUT2D eigenvalue weighted by atomic mass is 9.90. The van der Waals surface area contributed by atoms with Crippen LogP contribution in [0.4, 0.5) is 5.69 Å². The van der Waals surface area contributed by atoms with Crippen molar-refractivity contribution in [2.45, 2.75) is 25.3 Å². The third-order valence-corrected chi connectivity index (χ3v) is 3.35. The fourth-order valence-corrected chi connectivity index (χ4v) is 2.15. The largest absolute Gasteiger partial charge is 0.398 e. The molecular formula is C11H15ClN2. The van der Waals surface area contributed by atoms with Gasteiger partial charge in [0.15, 0.2) is 0 Å². The quantitative estimate of drug-likeness (QED) is 0.700. The number of nitrogens with two attached hydrogens (primary N) is 1. The van der Waals surface area contributed by atoms with Crippen molar-refractivity contribution < 1.29 is 0 Å². The normalized spacial score (nSPS) is 26.7. The molecule has 2 nitrogen and oxygen atoms in total. The summed E-state index contributed by atoms with van der Waals surface area (Å²) in [5.74, 6) is 0. The van der Waals surface area contributed by atoms with E-state index in [-0.39, 0.29) is 5.54 Å². The van der Waals surface area contributed by atoms with Crippen molar-refractivity contribution in [2.75, 3.05) is 12.3 Å². The van der Waals surface area contributed by atoms with Gasteiger partial charge in [-0.3, -0.25) is 0 Å². The van der Waals surface area contributed by atoms with Gasteiger partial charge >= 0.3 is 0 Å². The van der Waals surface area contributed by atoms with Gasteiger partial charge in [0.1, 0.15) is 0 Å². The van der Waals surface area contributed by atoms with Crippen molar-refractivity contribution in [1.29, 1.82) is 0 Å². The number of nitrogens with one attached hydrogen (secondary N) is 1. The van der Waals surface area contributed by atoms with Crippen LogP contribution in [0.1, 0.15) is 25.3 Å². The Morgan fingerprint density at radius 2 is 2.29 bits per heavy atom. The van der Waals surface area contributed by atoms with E-state index in [1.807, 2.05) is 12.1 Å². The van der Waals surface area contributed by atoms with Crippen molar-refractivity contribution in [3.05, 3.63) is 28.8 Å². The Balaban J connectivity index is 2.36. The van der Waals surface area contributed by atoms with E-state index >= 15 is 0 Å². The van der Waals surface area contributed by atoms with Gasteiger partial charge in [-0.1, -0.05) is 17.7 Å². The van der Waals surface area contributed by atoms with Crippen LogP contribution in [0.25, 0.3) is 0 Å². The highest BCUT2D eigenvalue weighted by Crippen LogP contribution is 2.32. The lowest BCUT2D eigenvalue weighted by Crippen LogP contribution is -2.33. The van der Waals surface area contributed by atoms with Gasteiger partial charge in [0.25, 0.3) is 0 Å². The second-order valence-corrected chi connectivity index (χ2v) is 4.51. The topological polar surface area (TPSA) is 38.0 Å². The Morgan fingerprint density at radius 3 is 2.86 bits per heavy atom. The molecule has 3 N–H and O–H groups in total. The van der Waals surface area contributed by atoms with Gasteiger partial charge in [-0.05, 0) is 44.0 Å². The molecule has 0 radical (unpaired) electrons. The molecule has 1 aliphatic heterocycles. The molecule has 2 rings (SSSR count). The molecule has 1 heterocycles. The highest BCUT2D eigenvalue weighted by Gasteiger charge is 2.29. The third kappa shape index (κ3) is 1.60. The molecule has 1 saturated heterocycles. The molecule has 14 heavy (non-hydrogen) atoms. The molecule has 76 valence electrons. The molecule has 1 aromatic rings. The standard InChI is InChI=1S/C11H15ClN2/c1-11(5-2-6-14-11)8-3-4-9(12)10(13)7-8/h3-4,7,14H,2,5-6,13H2,1H3. The van der Waals surface area contributed by atoms with Crippen LogP contribution in [0.15, 0.2) is 18.2 Å². The van der Waals surface area contributed by atoms with E-state index in [0.717, 1.165) is 13.0 Å². The first-order chi connectivity index (χ1) is 6.62. The molecule has 1 unspecified atom stereocenters. The van der Waals surface area contributed by atoms with E-state index < -0.39 is 0 Å². The van der Waals surface area contributed by atoms with Crippen LogP contribution in [-0.2, 0) is 5.54 Å². The Kier molecular flexibility index (Phi) is 2.41. The predicted molar refractivity (Wildman–Crippen MR) is 60.5 cm³/mol. The summed E-state index contributed by atoms with van der Waals surface area (Å²) < 4.78 is 0. The first-order valence-electron chi connectivity index (χ1n) is 4.92. The Labute approximate surface area is 89.4 Å². The molecule has 1 atom stereocenters. The number of nitrogen functional groups attached to an aromatic ring is 1. The molecule has 0 bridgehead atoms. The molecule has 0 aliphatic carbocycles. The van der Waals surface area contributed by atoms with Gasteiger partial charge < -0.3 is 11.1 Å². The molecule has 1 fully saturated rings. The van der Waals surface area contributed by atoms with Crippen LogP contribution in [-0.4, -0.2) is 6.54 Å². The number of rotatable bonds is 1. The van der Waals surface area contributed by atoms with Crippen molar-refractivity contribution in [3.63, 3.8) is 0 Å². The van der Waals surface area contributed by atoms with Crippen molar-refractivity contribution in [1.82, 2.24) is 5.32 Å². The second kappa shape index (κ2) is 3.44. The Morgan fingerprint density at radius 1 is 1.50 bits per heavy atom. The Hall–Kier alpha value is -0.730. The minimum Gasteiger partial charge on any atom is -0.398 e. The molecule has 0 saturated carbocycles. The zero-order valence-electron chi connectivity index (χ0n) is 8.31. The maximum Gasteiger partial charge on any atom is 0.0635 e. The van der Waals surface area contributed by atoms with E-state index in [2.05, 4.69) is 18.3 Å². The van der Waals surface area contributed by atoms with Crippen molar-refractivity contribution >= 4 is 17.3 Å². The monoisotopic (exact) mass is 210 g/mol. The third-order valence-electron chi connectivity index (χ3n) is 3.00. The highest BCUT2D eigenvalue weighted by atomic mass is 35.5. The van der Waals surface area contributed by atoms with Crippen LogP contribution < -0.4 is 11.1 Å². The maximum atomic E-state index is 5.89. The minimum absolute atomic E-state index is 0.0821. The fourth-order valence-electron chi connectivity index (χ4n) is 2.03. The Bertz CT molecular complexity index is 343. The lowest BCUT2D eigenvalue weighted by Gasteiger charge is -2.25. The van der Waals surface area contributed by atoms with E-state index in [4.69, 9.17) is 17.3 Å². The molecule has 3 heteroatoms. The van der Waals surface area contributed by atoms with Crippen LogP contribution in [0.2, 0.25) is 5.02 Å². The summed E-state index contributed by atoms with van der Waals surface area (Å²) in [6, 6.07) is 5.90. The summed E-state index contributed by atoms with van der Waals surface area (Å²) in [5, 5.41) is 4.13. The van der Waals surface area contributed by atoms with E-state index in [1.54, 1.807) is 0 Å². The molecule has 0 aromatic heterocycles. The number of benzene rings is 1. The van der Waals surface area contributed by atoms with Crippen LogP contribution in [0.5, 0.6) is 0 Å². The van der Waals surface area contributed by atoms with Gasteiger partial charge in [-0.25, -0.2) is 0 Å². The van der Waals surface area contributed by atoms with Crippen LogP contribution >= 0.6 is 11.6 Å². The fraction of sp³-hybridized carbons (Fsp3) is 0.455. The molecule has 1 aromatic carbocycles. The molecular weight excluding hydrogens is 196 g/mol. The summed E-state index contributed by atoms with van der Waals surface area (Å²) in [6.07, 6.45) is 2.38. The molecule has 1 aliphatic rings. The zero-order valence-corrected chi connectivity index (χ0v) is 9.06. The number of halogens is 1. The van der Waals surface area contributed by atoms with Crippen molar-refractivity contribution in [3.8, 4) is 0 Å². The van der Waals surface area contributed by atoms with E-state index in [1.165, 1.54) is 12.0 Å². The second-order valence-electron chi connectivity index (χ2n) is 4.10. The summed E-state index contributed by atoms with van der Waals surface area (Å²) in [7, 11) is 0. The van der Waals surface area contributed by atoms with Gasteiger partial charge in [0.2, 0.25) is 0 Å². The summed E-state index contributed by atoms with van der Waals surface area (Å²) in [5.41, 5.74) is 7.77. The van der Waals surface area contributed by atoms with Gasteiger partial charge in [-0.15, -0.1) is 0 Å². The smallest absolute Gasteiger partial charge is 0.0635 e. The first-order valence-corrected chi connectivity index (χ1v) is 5.30. The molecule has 0 amide bonds. The minimum atomic E-state index is 0.0821. The predicted octanol–water partition coefficient (Wildman–Crippen LogP) is 2.52. The summed E-state index contributed by atoms with van der Waals surface area (Å²) >= 11 is 5.89. The van der Waals surface area contributed by atoms with Crippen LogP contribution in [0, 0.1) is 0 Å². The zero-order chi connectivity index (χ0) is 10.2. The number of hydrogen-bond donors (Lipinski definition) is 2. The van der Waals surface area contributed by atoms with E-state index in [0.29, 0.717) is 10.7 Å². The summed E-state index contributed by atoms with van der Waals surface area (Å²) in [4.78, 5) is 0. The number of hydrogen-bond acceptors (Lipinski definition) is 2. The maximum absolute atomic E-state index is 5.89. The first kappa shape index (κ1) is 9.81. The van der Waals surface area contributed by atoms with Crippen LogP contribution in [0.3, 0.4) is 0 Å². The highest BCUT2D eigenvalue weighted by molar-refractivity contribution is 6.33. The lowest BCUT2D eigenvalue weighted by molar-refractivity contribution is 0.435. The van der Waals surface area contributed by atoms with E-state index in [9.17, 15) is 0 Å². The summed E-state index contributed by atoms with van der Waals surface area (Å²) in [6.45, 7) is 3.29. The average molecular weight is 211 g/mol. The van der Waals surface area contributed by atoms with Crippen molar-refractivity contribution in [2.24, 2.45) is 0 Å². The SMILES string of the molecule is CC1(c2ccc(Cl)c(N)c2)CCCN1. The van der Waals surface area contributed by atoms with Gasteiger partial charge in [0.05, 0.1) is 10.7 Å².